The third-order valence-corrected chi connectivity index (χ3v) is 5.95. The second-order valence-corrected chi connectivity index (χ2v) is 7.88. The van der Waals surface area contributed by atoms with Gasteiger partial charge in [0.25, 0.3) is 0 Å². The van der Waals surface area contributed by atoms with Gasteiger partial charge in [-0.3, -0.25) is 9.48 Å². The smallest absolute Gasteiger partial charge is 0.246 e. The van der Waals surface area contributed by atoms with Gasteiger partial charge in [0.2, 0.25) is 5.91 Å². The number of methoxy groups -OCH3 is 1. The van der Waals surface area contributed by atoms with E-state index in [0.717, 1.165) is 5.39 Å². The van der Waals surface area contributed by atoms with Gasteiger partial charge in [-0.05, 0) is 36.6 Å². The summed E-state index contributed by atoms with van der Waals surface area (Å²) in [6.45, 7) is 4.59. The summed E-state index contributed by atoms with van der Waals surface area (Å²) < 4.78 is 12.7. The number of nitrogens with two attached hydrogens (primary N) is 1. The third-order valence-electron chi connectivity index (χ3n) is 5.95. The Kier molecular flexibility index (Phi) is 5.15. The van der Waals surface area contributed by atoms with Gasteiger partial charge >= 0.3 is 0 Å². The first-order chi connectivity index (χ1) is 16.5. The average Bonchev–Trinajstić information content (AvgIpc) is 3.60. The van der Waals surface area contributed by atoms with E-state index in [-0.39, 0.29) is 17.8 Å². The normalized spacial score (nSPS) is 15.2. The summed E-state index contributed by atoms with van der Waals surface area (Å²) in [7, 11) is 1.59. The Labute approximate surface area is 195 Å². The van der Waals surface area contributed by atoms with E-state index >= 15 is 0 Å². The zero-order valence-corrected chi connectivity index (χ0v) is 18.4. The number of benzene rings is 1. The summed E-state index contributed by atoms with van der Waals surface area (Å²) in [6.07, 6.45) is 5.01. The Bertz CT molecular complexity index is 1560. The lowest BCUT2D eigenvalue weighted by Gasteiger charge is -2.15. The van der Waals surface area contributed by atoms with Crippen LogP contribution < -0.4 is 10.5 Å². The van der Waals surface area contributed by atoms with Gasteiger partial charge in [0, 0.05) is 24.8 Å². The molecule has 2 N–H and O–H groups in total. The summed E-state index contributed by atoms with van der Waals surface area (Å²) in [5.41, 5.74) is 8.86. The van der Waals surface area contributed by atoms with Crippen LogP contribution in [0.5, 0.6) is 5.75 Å². The molecule has 34 heavy (non-hydrogen) atoms. The highest BCUT2D eigenvalue weighted by atomic mass is 16.5. The molecule has 5 rings (SSSR count). The molecule has 0 spiro atoms. The van der Waals surface area contributed by atoms with Crippen molar-refractivity contribution in [2.24, 2.45) is 0 Å². The Hall–Kier alpha value is -4.76. The number of likely N-dealkylation sites (tertiary alicyclic amines) is 1. The van der Waals surface area contributed by atoms with E-state index in [4.69, 9.17) is 20.0 Å². The molecule has 0 saturated carbocycles. The van der Waals surface area contributed by atoms with Crippen LogP contribution in [0, 0.1) is 23.2 Å². The molecule has 1 aromatic carbocycles. The number of nitriles is 1. The lowest BCUT2D eigenvalue weighted by Crippen LogP contribution is -2.27. The highest BCUT2D eigenvalue weighted by Gasteiger charge is 2.30. The number of anilines is 1. The minimum Gasteiger partial charge on any atom is -0.496 e. The number of hydrogen-bond acceptors (Lipinski definition) is 7. The SMILES string of the molecule is C=CC(=O)N1CC[C@H](n2nc(C#Cc3cc(OC)c4ccoc4c3)c3c(N)ncc(C#N)c32)C1. The van der Waals surface area contributed by atoms with Crippen molar-refractivity contribution in [3.8, 4) is 23.7 Å². The average molecular weight is 452 g/mol. The maximum Gasteiger partial charge on any atom is 0.246 e. The van der Waals surface area contributed by atoms with Crippen LogP contribution in [0.4, 0.5) is 5.82 Å². The van der Waals surface area contributed by atoms with E-state index < -0.39 is 0 Å². The fourth-order valence-electron chi connectivity index (χ4n) is 4.31. The number of furan rings is 1. The molecular weight excluding hydrogens is 432 g/mol. The maximum atomic E-state index is 12.1. The van der Waals surface area contributed by atoms with Crippen LogP contribution >= 0.6 is 0 Å². The quantitative estimate of drug-likeness (QED) is 0.374. The zero-order valence-electron chi connectivity index (χ0n) is 18.4. The highest BCUT2D eigenvalue weighted by Crippen LogP contribution is 2.32. The number of nitrogens with zero attached hydrogens (tertiary/aromatic N) is 5. The van der Waals surface area contributed by atoms with Crippen LogP contribution in [-0.2, 0) is 4.79 Å². The Morgan fingerprint density at radius 1 is 1.41 bits per heavy atom. The van der Waals surface area contributed by atoms with Gasteiger partial charge in [0.1, 0.15) is 28.9 Å². The molecule has 0 aliphatic carbocycles. The first kappa shape index (κ1) is 21.1. The number of amides is 1. The van der Waals surface area contributed by atoms with Crippen molar-refractivity contribution in [2.45, 2.75) is 12.5 Å². The van der Waals surface area contributed by atoms with Gasteiger partial charge in [-0.1, -0.05) is 12.5 Å². The summed E-state index contributed by atoms with van der Waals surface area (Å²) in [5.74, 6) is 6.94. The van der Waals surface area contributed by atoms with Gasteiger partial charge in [0.05, 0.1) is 41.3 Å². The number of fused-ring (bicyclic) bond motifs is 2. The fourth-order valence-corrected chi connectivity index (χ4v) is 4.31. The summed E-state index contributed by atoms with van der Waals surface area (Å²) in [4.78, 5) is 18.0. The van der Waals surface area contributed by atoms with Gasteiger partial charge in [-0.2, -0.15) is 10.4 Å². The number of nitrogen functional groups attached to an aromatic ring is 1. The van der Waals surface area contributed by atoms with Crippen molar-refractivity contribution >= 4 is 33.6 Å². The number of ether oxygens (including phenoxy) is 1. The van der Waals surface area contributed by atoms with E-state index in [2.05, 4.69) is 29.5 Å². The number of pyridine rings is 1. The topological polar surface area (TPSA) is 123 Å². The minimum absolute atomic E-state index is 0.129. The van der Waals surface area contributed by atoms with E-state index in [0.29, 0.717) is 58.6 Å². The molecule has 4 aromatic rings. The molecule has 9 heteroatoms. The minimum atomic E-state index is -0.136. The summed E-state index contributed by atoms with van der Waals surface area (Å²) in [6, 6.07) is 7.52. The predicted molar refractivity (Wildman–Crippen MR) is 126 cm³/mol. The zero-order chi connectivity index (χ0) is 23.8. The van der Waals surface area contributed by atoms with E-state index in [9.17, 15) is 10.1 Å². The van der Waals surface area contributed by atoms with Crippen molar-refractivity contribution in [3.63, 3.8) is 0 Å². The number of hydrogen-bond donors (Lipinski definition) is 1. The molecule has 1 amide bonds. The van der Waals surface area contributed by atoms with Crippen LogP contribution in [0.2, 0.25) is 0 Å². The van der Waals surface area contributed by atoms with Crippen LogP contribution in [0.25, 0.3) is 21.9 Å². The van der Waals surface area contributed by atoms with Crippen molar-refractivity contribution in [1.82, 2.24) is 19.7 Å². The van der Waals surface area contributed by atoms with Crippen LogP contribution in [-0.4, -0.2) is 45.8 Å². The first-order valence-electron chi connectivity index (χ1n) is 10.6. The van der Waals surface area contributed by atoms with Crippen molar-refractivity contribution in [1.29, 1.82) is 5.26 Å². The van der Waals surface area contributed by atoms with Crippen molar-refractivity contribution in [2.75, 3.05) is 25.9 Å². The lowest BCUT2D eigenvalue weighted by molar-refractivity contribution is -0.125. The highest BCUT2D eigenvalue weighted by molar-refractivity contribution is 5.96. The molecule has 9 nitrogen and oxygen atoms in total. The van der Waals surface area contributed by atoms with E-state index in [1.165, 1.54) is 12.3 Å². The number of rotatable bonds is 3. The molecule has 168 valence electrons. The number of aromatic nitrogens is 3. The van der Waals surface area contributed by atoms with E-state index in [1.807, 2.05) is 18.2 Å². The van der Waals surface area contributed by atoms with Gasteiger partial charge in [0.15, 0.2) is 0 Å². The summed E-state index contributed by atoms with van der Waals surface area (Å²) in [5, 5.41) is 15.8. The molecule has 1 saturated heterocycles. The van der Waals surface area contributed by atoms with Crippen molar-refractivity contribution in [3.05, 3.63) is 60.1 Å². The molecule has 1 fully saturated rings. The molecule has 0 bridgehead atoms. The largest absolute Gasteiger partial charge is 0.496 e. The molecule has 0 radical (unpaired) electrons. The Morgan fingerprint density at radius 3 is 3.03 bits per heavy atom. The number of carbonyl (C=O) groups is 1. The second kappa shape index (κ2) is 8.30. The molecule has 4 heterocycles. The van der Waals surface area contributed by atoms with Crippen LogP contribution in [0.3, 0.4) is 0 Å². The van der Waals surface area contributed by atoms with Crippen molar-refractivity contribution < 1.29 is 13.9 Å². The lowest BCUT2D eigenvalue weighted by atomic mass is 10.1. The summed E-state index contributed by atoms with van der Waals surface area (Å²) >= 11 is 0. The fraction of sp³-hybridized carbons (Fsp3) is 0.200. The Morgan fingerprint density at radius 2 is 2.26 bits per heavy atom. The molecular formula is C25H20N6O3. The molecule has 0 unspecified atom stereocenters. The predicted octanol–water partition coefficient (Wildman–Crippen LogP) is 3.00. The standard InChI is InChI=1S/C25H20N6O3/c1-3-22(32)30-8-6-17(14-30)31-24-16(12-26)13-28-25(27)23(24)19(29-31)5-4-15-10-20(33-2)18-7-9-34-21(18)11-15/h3,7,9-11,13,17H,1,6,8,14H2,2H3,(H2,27,28)/t17-/m0/s1. The molecule has 1 aliphatic rings. The number of carbonyl (C=O) groups excluding carboxylic acids is 1. The van der Waals surface area contributed by atoms with Gasteiger partial charge < -0.3 is 19.8 Å². The molecule has 1 aliphatic heterocycles. The van der Waals surface area contributed by atoms with Crippen LogP contribution in [0.15, 0.2) is 47.7 Å². The van der Waals surface area contributed by atoms with E-state index in [1.54, 1.807) is 23.0 Å². The van der Waals surface area contributed by atoms with Gasteiger partial charge in [-0.15, -0.1) is 0 Å². The first-order valence-corrected chi connectivity index (χ1v) is 10.6. The molecule has 1 atom stereocenters. The van der Waals surface area contributed by atoms with Gasteiger partial charge in [-0.25, -0.2) is 4.98 Å². The second-order valence-electron chi connectivity index (χ2n) is 7.88. The van der Waals surface area contributed by atoms with Crippen LogP contribution in [0.1, 0.15) is 29.3 Å². The third kappa shape index (κ3) is 3.40. The monoisotopic (exact) mass is 452 g/mol. The molecule has 3 aromatic heterocycles. The maximum absolute atomic E-state index is 12.1. The Balaban J connectivity index is 1.63.